The molecule has 0 aliphatic carbocycles. The Labute approximate surface area is 183 Å². The van der Waals surface area contributed by atoms with Crippen molar-refractivity contribution >= 4 is 5.69 Å². The Morgan fingerprint density at radius 1 is 0.968 bits per heavy atom. The summed E-state index contributed by atoms with van der Waals surface area (Å²) in [5.74, 6) is 0.694. The first-order valence-electron chi connectivity index (χ1n) is 10.7. The van der Waals surface area contributed by atoms with Crippen molar-refractivity contribution in [2.24, 2.45) is 0 Å². The molecular weight excluding hydrogens is 388 g/mol. The number of hydrogen-bond donors (Lipinski definition) is 1. The number of piperazine rings is 1. The largest absolute Gasteiger partial charge is 0.496 e. The van der Waals surface area contributed by atoms with Crippen molar-refractivity contribution in [2.75, 3.05) is 38.2 Å². The normalized spacial score (nSPS) is 14.6. The van der Waals surface area contributed by atoms with Gasteiger partial charge in [-0.2, -0.15) is 5.10 Å². The van der Waals surface area contributed by atoms with Crippen LogP contribution in [-0.2, 0) is 6.54 Å². The van der Waals surface area contributed by atoms with Crippen molar-refractivity contribution in [2.45, 2.75) is 27.3 Å². The van der Waals surface area contributed by atoms with Crippen molar-refractivity contribution in [1.29, 1.82) is 0 Å². The standard InChI is InChI=1S/C25H30N4O2/c1-17-5-6-18(2)23(13-17)29-11-9-28(10-12-29)16-20-7-8-24(31-4)21(15-20)22-14-19(3)26-27-25(22)30/h5-8,13-15H,9-12,16H2,1-4H3,(H,27,30). The first kappa shape index (κ1) is 21.1. The van der Waals surface area contributed by atoms with Crippen molar-refractivity contribution < 1.29 is 4.74 Å². The van der Waals surface area contributed by atoms with Crippen LogP contribution < -0.4 is 15.2 Å². The van der Waals surface area contributed by atoms with Crippen LogP contribution in [0.4, 0.5) is 5.69 Å². The maximum Gasteiger partial charge on any atom is 0.272 e. The smallest absolute Gasteiger partial charge is 0.272 e. The summed E-state index contributed by atoms with van der Waals surface area (Å²) in [6.07, 6.45) is 0. The van der Waals surface area contributed by atoms with E-state index in [-0.39, 0.29) is 5.56 Å². The van der Waals surface area contributed by atoms with Gasteiger partial charge in [0.15, 0.2) is 0 Å². The average Bonchev–Trinajstić information content (AvgIpc) is 2.77. The topological polar surface area (TPSA) is 61.5 Å². The molecule has 0 amide bonds. The molecule has 0 saturated carbocycles. The van der Waals surface area contributed by atoms with Gasteiger partial charge in [0, 0.05) is 44.0 Å². The van der Waals surface area contributed by atoms with Crippen molar-refractivity contribution in [3.8, 4) is 16.9 Å². The fourth-order valence-corrected chi connectivity index (χ4v) is 4.24. The van der Waals surface area contributed by atoms with E-state index in [1.165, 1.54) is 22.4 Å². The molecule has 2 aromatic carbocycles. The van der Waals surface area contributed by atoms with Crippen LogP contribution in [0.1, 0.15) is 22.4 Å². The molecule has 162 valence electrons. The number of hydrogen-bond acceptors (Lipinski definition) is 5. The second kappa shape index (κ2) is 8.94. The van der Waals surface area contributed by atoms with Crippen LogP contribution >= 0.6 is 0 Å². The molecule has 0 spiro atoms. The average molecular weight is 419 g/mol. The van der Waals surface area contributed by atoms with Gasteiger partial charge < -0.3 is 9.64 Å². The number of aryl methyl sites for hydroxylation is 3. The summed E-state index contributed by atoms with van der Waals surface area (Å²) in [4.78, 5) is 17.3. The van der Waals surface area contributed by atoms with Gasteiger partial charge in [0.05, 0.1) is 18.4 Å². The predicted molar refractivity (Wildman–Crippen MR) is 125 cm³/mol. The van der Waals surface area contributed by atoms with E-state index >= 15 is 0 Å². The molecule has 1 fully saturated rings. The number of benzene rings is 2. The highest BCUT2D eigenvalue weighted by Crippen LogP contribution is 2.30. The number of rotatable bonds is 5. The first-order chi connectivity index (χ1) is 14.9. The van der Waals surface area contributed by atoms with Gasteiger partial charge in [-0.1, -0.05) is 18.2 Å². The van der Waals surface area contributed by atoms with Gasteiger partial charge in [-0.15, -0.1) is 0 Å². The molecule has 1 N–H and O–H groups in total. The summed E-state index contributed by atoms with van der Waals surface area (Å²) < 4.78 is 5.53. The summed E-state index contributed by atoms with van der Waals surface area (Å²) in [6, 6.07) is 14.6. The van der Waals surface area contributed by atoms with Crippen LogP contribution in [0.15, 0.2) is 47.3 Å². The Morgan fingerprint density at radius 3 is 2.48 bits per heavy atom. The van der Waals surface area contributed by atoms with Crippen LogP contribution in [0.25, 0.3) is 11.1 Å². The van der Waals surface area contributed by atoms with E-state index in [2.05, 4.69) is 64.2 Å². The number of aromatic amines is 1. The van der Waals surface area contributed by atoms with Crippen LogP contribution in [0, 0.1) is 20.8 Å². The molecule has 1 aliphatic heterocycles. The molecule has 6 heteroatoms. The minimum Gasteiger partial charge on any atom is -0.496 e. The summed E-state index contributed by atoms with van der Waals surface area (Å²) in [5.41, 5.74) is 7.11. The molecule has 0 atom stereocenters. The number of methoxy groups -OCH3 is 1. The van der Waals surface area contributed by atoms with E-state index in [1.807, 2.05) is 19.1 Å². The highest BCUT2D eigenvalue weighted by atomic mass is 16.5. The van der Waals surface area contributed by atoms with Gasteiger partial charge in [0.25, 0.3) is 5.56 Å². The molecule has 0 bridgehead atoms. The maximum atomic E-state index is 12.4. The van der Waals surface area contributed by atoms with Gasteiger partial charge in [0.2, 0.25) is 0 Å². The van der Waals surface area contributed by atoms with Crippen molar-refractivity contribution in [3.05, 3.63) is 75.2 Å². The highest BCUT2D eigenvalue weighted by molar-refractivity contribution is 5.70. The fraction of sp³-hybridized carbons (Fsp3) is 0.360. The third kappa shape index (κ3) is 4.64. The maximum absolute atomic E-state index is 12.4. The highest BCUT2D eigenvalue weighted by Gasteiger charge is 2.19. The molecule has 6 nitrogen and oxygen atoms in total. The molecule has 1 aliphatic rings. The Hall–Kier alpha value is -3.12. The molecule has 3 aromatic rings. The Balaban J connectivity index is 1.50. The number of anilines is 1. The zero-order valence-electron chi connectivity index (χ0n) is 18.7. The van der Waals surface area contributed by atoms with Gasteiger partial charge in [-0.05, 0) is 61.7 Å². The van der Waals surface area contributed by atoms with E-state index in [4.69, 9.17) is 4.74 Å². The van der Waals surface area contributed by atoms with E-state index in [9.17, 15) is 4.79 Å². The quantitative estimate of drug-likeness (QED) is 0.685. The number of nitrogens with one attached hydrogen (secondary N) is 1. The van der Waals surface area contributed by atoms with Crippen LogP contribution in [0.5, 0.6) is 5.75 Å². The van der Waals surface area contributed by atoms with E-state index < -0.39 is 0 Å². The van der Waals surface area contributed by atoms with Crippen molar-refractivity contribution in [3.63, 3.8) is 0 Å². The minimum atomic E-state index is -0.205. The third-order valence-corrected chi connectivity index (χ3v) is 5.97. The summed E-state index contributed by atoms with van der Waals surface area (Å²) >= 11 is 0. The lowest BCUT2D eigenvalue weighted by atomic mass is 10.0. The summed E-state index contributed by atoms with van der Waals surface area (Å²) in [7, 11) is 1.63. The van der Waals surface area contributed by atoms with E-state index in [1.54, 1.807) is 7.11 Å². The first-order valence-corrected chi connectivity index (χ1v) is 10.7. The number of ether oxygens (including phenoxy) is 1. The molecule has 1 saturated heterocycles. The summed E-state index contributed by atoms with van der Waals surface area (Å²) in [6.45, 7) is 11.1. The van der Waals surface area contributed by atoms with Gasteiger partial charge in [-0.3, -0.25) is 9.69 Å². The lowest BCUT2D eigenvalue weighted by Gasteiger charge is -2.37. The molecule has 1 aromatic heterocycles. The molecule has 4 rings (SSSR count). The SMILES string of the molecule is COc1ccc(CN2CCN(c3cc(C)ccc3C)CC2)cc1-c1cc(C)n[nH]c1=O. The fourth-order valence-electron chi connectivity index (χ4n) is 4.24. The lowest BCUT2D eigenvalue weighted by molar-refractivity contribution is 0.249. The molecule has 0 unspecified atom stereocenters. The monoisotopic (exact) mass is 418 g/mol. The third-order valence-electron chi connectivity index (χ3n) is 5.97. The molecule has 2 heterocycles. The number of aromatic nitrogens is 2. The number of H-pyrrole nitrogens is 1. The van der Waals surface area contributed by atoms with Gasteiger partial charge in [0.1, 0.15) is 5.75 Å². The van der Waals surface area contributed by atoms with Crippen LogP contribution in [0.3, 0.4) is 0 Å². The van der Waals surface area contributed by atoms with Gasteiger partial charge >= 0.3 is 0 Å². The minimum absolute atomic E-state index is 0.205. The Bertz CT molecular complexity index is 1130. The predicted octanol–water partition coefficient (Wildman–Crippen LogP) is 3.69. The van der Waals surface area contributed by atoms with Crippen LogP contribution in [0.2, 0.25) is 0 Å². The Kier molecular flexibility index (Phi) is 6.09. The Morgan fingerprint density at radius 2 is 1.74 bits per heavy atom. The molecule has 0 radical (unpaired) electrons. The second-order valence-corrected chi connectivity index (χ2v) is 8.34. The zero-order chi connectivity index (χ0) is 22.0. The van der Waals surface area contributed by atoms with Gasteiger partial charge in [-0.25, -0.2) is 5.10 Å². The molecule has 31 heavy (non-hydrogen) atoms. The number of nitrogens with zero attached hydrogens (tertiary/aromatic N) is 3. The lowest BCUT2D eigenvalue weighted by Crippen LogP contribution is -2.46. The second-order valence-electron chi connectivity index (χ2n) is 8.34. The van der Waals surface area contributed by atoms with E-state index in [0.717, 1.165) is 44.0 Å². The zero-order valence-corrected chi connectivity index (χ0v) is 18.7. The molecular formula is C25H30N4O2. The summed E-state index contributed by atoms with van der Waals surface area (Å²) in [5, 5.41) is 6.56. The van der Waals surface area contributed by atoms with Crippen molar-refractivity contribution in [1.82, 2.24) is 15.1 Å². The van der Waals surface area contributed by atoms with Crippen LogP contribution in [-0.4, -0.2) is 48.4 Å². The van der Waals surface area contributed by atoms with E-state index in [0.29, 0.717) is 11.3 Å².